The van der Waals surface area contributed by atoms with Gasteiger partial charge in [0.1, 0.15) is 0 Å². The smallest absolute Gasteiger partial charge is 0.335 e. The van der Waals surface area contributed by atoms with E-state index in [2.05, 4.69) is 6.58 Å². The molecule has 2 rings (SSSR count). The van der Waals surface area contributed by atoms with Crippen LogP contribution in [0, 0.1) is 0 Å². The maximum atomic E-state index is 11.6. The second-order valence-electron chi connectivity index (χ2n) is 6.60. The molecule has 2 heterocycles. The Morgan fingerprint density at radius 1 is 0.645 bits per heavy atom. The van der Waals surface area contributed by atoms with E-state index < -0.39 is 23.8 Å². The molecule has 0 bridgehead atoms. The Labute approximate surface area is 178 Å². The average molecular weight is 442 g/mol. The Hall–Kier alpha value is -2.83. The first-order valence-electron chi connectivity index (χ1n) is 9.90. The monoisotopic (exact) mass is 442 g/mol. The highest BCUT2D eigenvalue weighted by Gasteiger charge is 2.32. The SMILES string of the molecule is C=C1CCC(=O)N1OC(=O)CCOCCOCCOCCC(=O)ON1C(=O)CCC1=O. The summed E-state index contributed by atoms with van der Waals surface area (Å²) in [6.07, 6.45) is 0.743. The van der Waals surface area contributed by atoms with Gasteiger partial charge < -0.3 is 23.9 Å². The largest absolute Gasteiger partial charge is 0.378 e. The van der Waals surface area contributed by atoms with Gasteiger partial charge in [-0.1, -0.05) is 6.58 Å². The third-order valence-electron chi connectivity index (χ3n) is 4.18. The van der Waals surface area contributed by atoms with Crippen LogP contribution in [0.3, 0.4) is 0 Å². The molecule has 12 nitrogen and oxygen atoms in total. The van der Waals surface area contributed by atoms with Crippen molar-refractivity contribution in [3.05, 3.63) is 12.3 Å². The van der Waals surface area contributed by atoms with Crippen LogP contribution in [0.5, 0.6) is 0 Å². The molecule has 0 spiro atoms. The van der Waals surface area contributed by atoms with Crippen molar-refractivity contribution in [1.82, 2.24) is 10.1 Å². The van der Waals surface area contributed by atoms with Crippen molar-refractivity contribution in [1.29, 1.82) is 0 Å². The summed E-state index contributed by atoms with van der Waals surface area (Å²) in [6.45, 7) is 4.87. The summed E-state index contributed by atoms with van der Waals surface area (Å²) in [5.74, 6) is -2.65. The molecule has 31 heavy (non-hydrogen) atoms. The van der Waals surface area contributed by atoms with Crippen LogP contribution < -0.4 is 0 Å². The van der Waals surface area contributed by atoms with E-state index in [1.807, 2.05) is 0 Å². The van der Waals surface area contributed by atoms with E-state index in [0.717, 1.165) is 5.06 Å². The van der Waals surface area contributed by atoms with Crippen molar-refractivity contribution >= 4 is 29.7 Å². The Kier molecular flexibility index (Phi) is 10.1. The van der Waals surface area contributed by atoms with Crippen LogP contribution in [0.15, 0.2) is 12.3 Å². The fourth-order valence-corrected chi connectivity index (χ4v) is 2.55. The lowest BCUT2D eigenvalue weighted by molar-refractivity contribution is -0.198. The number of carbonyl (C=O) groups is 5. The van der Waals surface area contributed by atoms with Gasteiger partial charge in [0, 0.05) is 19.3 Å². The Morgan fingerprint density at radius 2 is 1.03 bits per heavy atom. The van der Waals surface area contributed by atoms with Crippen molar-refractivity contribution in [3.63, 3.8) is 0 Å². The zero-order valence-corrected chi connectivity index (χ0v) is 17.2. The summed E-state index contributed by atoms with van der Waals surface area (Å²) in [4.78, 5) is 66.9. The molecule has 0 unspecified atom stereocenters. The van der Waals surface area contributed by atoms with Crippen LogP contribution in [0.2, 0.25) is 0 Å². The molecule has 12 heteroatoms. The number of amides is 3. The maximum Gasteiger partial charge on any atom is 0.335 e. The fourth-order valence-electron chi connectivity index (χ4n) is 2.55. The predicted octanol–water partition coefficient (Wildman–Crippen LogP) is 0.0179. The summed E-state index contributed by atoms with van der Waals surface area (Å²) in [7, 11) is 0. The lowest BCUT2D eigenvalue weighted by Crippen LogP contribution is -2.32. The van der Waals surface area contributed by atoms with Gasteiger partial charge in [0.05, 0.1) is 58.2 Å². The highest BCUT2D eigenvalue weighted by molar-refractivity contribution is 6.01. The lowest BCUT2D eigenvalue weighted by Gasteiger charge is -2.15. The van der Waals surface area contributed by atoms with Gasteiger partial charge >= 0.3 is 11.9 Å². The summed E-state index contributed by atoms with van der Waals surface area (Å²) in [5.41, 5.74) is 0.462. The molecule has 0 aromatic heterocycles. The summed E-state index contributed by atoms with van der Waals surface area (Å²) < 4.78 is 15.7. The van der Waals surface area contributed by atoms with Crippen molar-refractivity contribution in [2.75, 3.05) is 39.6 Å². The minimum atomic E-state index is -0.727. The zero-order valence-electron chi connectivity index (χ0n) is 17.2. The predicted molar refractivity (Wildman–Crippen MR) is 100 cm³/mol. The first-order chi connectivity index (χ1) is 14.9. The van der Waals surface area contributed by atoms with E-state index in [4.69, 9.17) is 23.9 Å². The van der Waals surface area contributed by atoms with Crippen molar-refractivity contribution in [2.24, 2.45) is 0 Å². The van der Waals surface area contributed by atoms with Crippen molar-refractivity contribution in [3.8, 4) is 0 Å². The van der Waals surface area contributed by atoms with Gasteiger partial charge in [0.25, 0.3) is 17.7 Å². The number of hydrogen-bond donors (Lipinski definition) is 0. The third-order valence-corrected chi connectivity index (χ3v) is 4.18. The van der Waals surface area contributed by atoms with Crippen LogP contribution >= 0.6 is 0 Å². The molecule has 2 fully saturated rings. The van der Waals surface area contributed by atoms with Crippen molar-refractivity contribution < 1.29 is 47.9 Å². The Balaban J connectivity index is 1.37. The number of carbonyl (C=O) groups excluding carboxylic acids is 5. The standard InChI is InChI=1S/C19H26N2O10/c1-14-2-3-15(22)20(14)30-18(25)6-8-27-10-12-29-13-11-28-9-7-19(26)31-21-16(23)4-5-17(21)24/h1-13H2. The van der Waals surface area contributed by atoms with E-state index in [1.54, 1.807) is 0 Å². The molecule has 2 saturated heterocycles. The third kappa shape index (κ3) is 8.44. The molecule has 3 amide bonds. The number of hydroxylamine groups is 4. The lowest BCUT2D eigenvalue weighted by atomic mass is 10.3. The maximum absolute atomic E-state index is 11.6. The van der Waals surface area contributed by atoms with Gasteiger partial charge in [-0.05, 0) is 6.42 Å². The Bertz CT molecular complexity index is 618. The molecule has 0 aliphatic carbocycles. The highest BCUT2D eigenvalue weighted by atomic mass is 16.7. The van der Waals surface area contributed by atoms with E-state index in [9.17, 15) is 24.0 Å². The molecule has 2 aliphatic rings. The quantitative estimate of drug-likeness (QED) is 0.267. The van der Waals surface area contributed by atoms with Gasteiger partial charge in [-0.15, -0.1) is 10.1 Å². The number of hydrogen-bond acceptors (Lipinski definition) is 10. The summed E-state index contributed by atoms with van der Waals surface area (Å²) in [6, 6.07) is 0. The molecule has 0 N–H and O–H groups in total. The average Bonchev–Trinajstić information content (AvgIpc) is 3.22. The molecule has 0 atom stereocenters. The van der Waals surface area contributed by atoms with Gasteiger partial charge in [-0.25, -0.2) is 9.59 Å². The number of rotatable bonds is 14. The molecule has 2 aliphatic heterocycles. The van der Waals surface area contributed by atoms with Gasteiger partial charge in [-0.3, -0.25) is 14.4 Å². The molecule has 0 aromatic carbocycles. The van der Waals surface area contributed by atoms with Crippen LogP contribution in [0.25, 0.3) is 0 Å². The topological polar surface area (TPSA) is 138 Å². The normalized spacial score (nSPS) is 16.4. The van der Waals surface area contributed by atoms with Crippen molar-refractivity contribution in [2.45, 2.75) is 38.5 Å². The second kappa shape index (κ2) is 12.8. The van der Waals surface area contributed by atoms with Gasteiger partial charge in [0.15, 0.2) is 0 Å². The van der Waals surface area contributed by atoms with Gasteiger partial charge in [0.2, 0.25) is 0 Å². The Morgan fingerprint density at radius 3 is 1.48 bits per heavy atom. The molecule has 0 saturated carbocycles. The van der Waals surface area contributed by atoms with Crippen LogP contribution in [0.4, 0.5) is 0 Å². The molecular formula is C19H26N2O10. The van der Waals surface area contributed by atoms with E-state index >= 15 is 0 Å². The molecular weight excluding hydrogens is 416 g/mol. The zero-order chi connectivity index (χ0) is 22.6. The van der Waals surface area contributed by atoms with E-state index in [0.29, 0.717) is 17.2 Å². The van der Waals surface area contributed by atoms with Crippen LogP contribution in [-0.2, 0) is 47.9 Å². The number of ether oxygens (including phenoxy) is 3. The highest BCUT2D eigenvalue weighted by Crippen LogP contribution is 2.20. The minimum Gasteiger partial charge on any atom is -0.378 e. The second-order valence-corrected chi connectivity index (χ2v) is 6.60. The number of imide groups is 1. The number of allylic oxidation sites excluding steroid dienone is 1. The summed E-state index contributed by atoms with van der Waals surface area (Å²) in [5, 5.41) is 1.42. The van der Waals surface area contributed by atoms with Crippen LogP contribution in [-0.4, -0.2) is 79.4 Å². The van der Waals surface area contributed by atoms with Gasteiger partial charge in [-0.2, -0.15) is 0 Å². The fraction of sp³-hybridized carbons (Fsp3) is 0.632. The first kappa shape index (κ1) is 24.4. The first-order valence-corrected chi connectivity index (χ1v) is 9.90. The molecule has 0 radical (unpaired) electrons. The van der Waals surface area contributed by atoms with E-state index in [-0.39, 0.29) is 77.7 Å². The molecule has 0 aromatic rings. The van der Waals surface area contributed by atoms with E-state index in [1.165, 1.54) is 0 Å². The minimum absolute atomic E-state index is 0.00903. The molecule has 172 valence electrons. The number of nitrogens with zero attached hydrogens (tertiary/aromatic N) is 2. The van der Waals surface area contributed by atoms with Crippen LogP contribution in [0.1, 0.15) is 38.5 Å². The summed E-state index contributed by atoms with van der Waals surface area (Å²) >= 11 is 0.